The summed E-state index contributed by atoms with van der Waals surface area (Å²) in [6.07, 6.45) is 0.389. The van der Waals surface area contributed by atoms with Gasteiger partial charge in [-0.2, -0.15) is 0 Å². The fourth-order valence-electron chi connectivity index (χ4n) is 1.56. The fraction of sp³-hybridized carbons (Fsp3) is 0.750. The van der Waals surface area contributed by atoms with E-state index in [9.17, 15) is 14.4 Å². The van der Waals surface area contributed by atoms with E-state index in [1.165, 1.54) is 4.90 Å². The minimum Gasteiger partial charge on any atom is -0.481 e. The van der Waals surface area contributed by atoms with Crippen molar-refractivity contribution in [2.75, 3.05) is 20.6 Å². The van der Waals surface area contributed by atoms with Crippen molar-refractivity contribution < 1.29 is 19.5 Å². The zero-order chi connectivity index (χ0) is 15.0. The van der Waals surface area contributed by atoms with Gasteiger partial charge in [-0.25, -0.2) is 4.79 Å². The minimum atomic E-state index is -0.886. The van der Waals surface area contributed by atoms with Gasteiger partial charge in [-0.15, -0.1) is 0 Å². The first-order valence-electron chi connectivity index (χ1n) is 6.23. The first kappa shape index (κ1) is 17.2. The van der Waals surface area contributed by atoms with Crippen LogP contribution in [0.4, 0.5) is 4.79 Å². The second kappa shape index (κ2) is 8.34. The third-order valence-electron chi connectivity index (χ3n) is 2.75. The van der Waals surface area contributed by atoms with Crippen LogP contribution in [0.3, 0.4) is 0 Å². The normalized spacial score (nSPS) is 13.3. The van der Waals surface area contributed by atoms with Crippen molar-refractivity contribution in [2.24, 2.45) is 5.92 Å². The third-order valence-corrected chi connectivity index (χ3v) is 2.75. The number of carboxylic acid groups (broad SMARTS) is 1. The molecule has 0 saturated carbocycles. The van der Waals surface area contributed by atoms with E-state index in [0.29, 0.717) is 13.0 Å². The van der Waals surface area contributed by atoms with Crippen molar-refractivity contribution in [2.45, 2.75) is 32.7 Å². The van der Waals surface area contributed by atoms with Crippen molar-refractivity contribution in [3.63, 3.8) is 0 Å². The number of carbonyl (C=O) groups excluding carboxylic acids is 2. The Hall–Kier alpha value is -1.79. The lowest BCUT2D eigenvalue weighted by Crippen LogP contribution is -2.45. The van der Waals surface area contributed by atoms with Crippen LogP contribution in [0.25, 0.3) is 0 Å². The van der Waals surface area contributed by atoms with Crippen LogP contribution in [0.5, 0.6) is 0 Å². The highest BCUT2D eigenvalue weighted by Gasteiger charge is 2.18. The molecule has 0 radical (unpaired) electrons. The highest BCUT2D eigenvalue weighted by atomic mass is 16.4. The molecule has 110 valence electrons. The lowest BCUT2D eigenvalue weighted by Gasteiger charge is -2.23. The standard InChI is InChI=1S/C12H23N3O4/c1-8(11(18)13-3)7-15(4)12(19)14-9(2)5-6-10(16)17/h8-9H,5-7H2,1-4H3,(H,13,18)(H,14,19)(H,16,17). The number of hydrogen-bond donors (Lipinski definition) is 3. The molecule has 0 spiro atoms. The summed E-state index contributed by atoms with van der Waals surface area (Å²) in [7, 11) is 3.14. The van der Waals surface area contributed by atoms with Crippen LogP contribution in [0.1, 0.15) is 26.7 Å². The maximum atomic E-state index is 11.8. The van der Waals surface area contributed by atoms with Gasteiger partial charge in [0.25, 0.3) is 0 Å². The Balaban J connectivity index is 4.12. The summed E-state index contributed by atoms with van der Waals surface area (Å²) in [6, 6.07) is -0.532. The molecule has 2 unspecified atom stereocenters. The molecule has 0 rings (SSSR count). The summed E-state index contributed by atoms with van der Waals surface area (Å²) in [5.41, 5.74) is 0. The molecule has 0 heterocycles. The van der Waals surface area contributed by atoms with Crippen molar-refractivity contribution in [1.29, 1.82) is 0 Å². The maximum Gasteiger partial charge on any atom is 0.317 e. The van der Waals surface area contributed by atoms with Crippen LogP contribution in [0, 0.1) is 5.92 Å². The Morgan fingerprint density at radius 2 is 1.84 bits per heavy atom. The van der Waals surface area contributed by atoms with Crippen LogP contribution in [0.15, 0.2) is 0 Å². The lowest BCUT2D eigenvalue weighted by atomic mass is 10.1. The average Bonchev–Trinajstić information content (AvgIpc) is 2.34. The molecule has 7 heteroatoms. The van der Waals surface area contributed by atoms with Crippen molar-refractivity contribution in [3.8, 4) is 0 Å². The summed E-state index contributed by atoms with van der Waals surface area (Å²) in [5.74, 6) is -1.31. The van der Waals surface area contributed by atoms with E-state index in [-0.39, 0.29) is 30.3 Å². The monoisotopic (exact) mass is 273 g/mol. The van der Waals surface area contributed by atoms with Gasteiger partial charge in [-0.3, -0.25) is 9.59 Å². The van der Waals surface area contributed by atoms with Crippen molar-refractivity contribution in [3.05, 3.63) is 0 Å². The van der Waals surface area contributed by atoms with Gasteiger partial charge in [-0.1, -0.05) is 6.92 Å². The molecule has 0 aliphatic rings. The quantitative estimate of drug-likeness (QED) is 0.619. The van der Waals surface area contributed by atoms with Crippen LogP contribution < -0.4 is 10.6 Å². The van der Waals surface area contributed by atoms with E-state index in [2.05, 4.69) is 10.6 Å². The van der Waals surface area contributed by atoms with Gasteiger partial charge in [0.2, 0.25) is 5.91 Å². The molecule has 0 aromatic rings. The smallest absolute Gasteiger partial charge is 0.317 e. The van der Waals surface area contributed by atoms with Gasteiger partial charge in [0.1, 0.15) is 0 Å². The second-order valence-electron chi connectivity index (χ2n) is 4.68. The molecule has 0 aromatic carbocycles. The molecule has 0 fully saturated rings. The number of amides is 3. The van der Waals surface area contributed by atoms with Gasteiger partial charge in [0.05, 0.1) is 5.92 Å². The lowest BCUT2D eigenvalue weighted by molar-refractivity contribution is -0.137. The van der Waals surface area contributed by atoms with Crippen LogP contribution in [-0.4, -0.2) is 54.6 Å². The molecule has 3 N–H and O–H groups in total. The molecular formula is C12H23N3O4. The second-order valence-corrected chi connectivity index (χ2v) is 4.68. The van der Waals surface area contributed by atoms with E-state index in [0.717, 1.165) is 0 Å². The fourth-order valence-corrected chi connectivity index (χ4v) is 1.56. The third kappa shape index (κ3) is 7.28. The van der Waals surface area contributed by atoms with Crippen LogP contribution >= 0.6 is 0 Å². The highest BCUT2D eigenvalue weighted by Crippen LogP contribution is 2.01. The van der Waals surface area contributed by atoms with Crippen LogP contribution in [-0.2, 0) is 9.59 Å². The number of nitrogens with zero attached hydrogens (tertiary/aromatic N) is 1. The summed E-state index contributed by atoms with van der Waals surface area (Å²) in [6.45, 7) is 3.78. The summed E-state index contributed by atoms with van der Waals surface area (Å²) < 4.78 is 0. The van der Waals surface area contributed by atoms with Gasteiger partial charge >= 0.3 is 12.0 Å². The maximum absolute atomic E-state index is 11.8. The molecule has 19 heavy (non-hydrogen) atoms. The predicted molar refractivity (Wildman–Crippen MR) is 70.7 cm³/mol. The Labute approximate surface area is 113 Å². The summed E-state index contributed by atoms with van der Waals surface area (Å²) in [4.78, 5) is 34.9. The number of nitrogens with one attached hydrogen (secondary N) is 2. The van der Waals surface area contributed by atoms with E-state index >= 15 is 0 Å². The number of carbonyl (C=O) groups is 3. The Kier molecular flexibility index (Phi) is 7.55. The first-order valence-corrected chi connectivity index (χ1v) is 6.23. The Morgan fingerprint density at radius 1 is 1.26 bits per heavy atom. The molecule has 2 atom stereocenters. The number of urea groups is 1. The van der Waals surface area contributed by atoms with Gasteiger partial charge < -0.3 is 20.6 Å². The molecule has 0 aliphatic heterocycles. The molecule has 0 saturated heterocycles. The van der Waals surface area contributed by atoms with Gasteiger partial charge in [0.15, 0.2) is 0 Å². The molecule has 0 aromatic heterocycles. The Morgan fingerprint density at radius 3 is 2.32 bits per heavy atom. The zero-order valence-corrected chi connectivity index (χ0v) is 11.9. The Bertz CT molecular complexity index is 333. The van der Waals surface area contributed by atoms with E-state index in [4.69, 9.17) is 5.11 Å². The highest BCUT2D eigenvalue weighted by molar-refractivity contribution is 5.79. The molecule has 0 aliphatic carbocycles. The molecule has 3 amide bonds. The topological polar surface area (TPSA) is 98.7 Å². The number of hydrogen-bond acceptors (Lipinski definition) is 3. The molecule has 7 nitrogen and oxygen atoms in total. The van der Waals surface area contributed by atoms with Crippen molar-refractivity contribution >= 4 is 17.9 Å². The van der Waals surface area contributed by atoms with Crippen LogP contribution in [0.2, 0.25) is 0 Å². The van der Waals surface area contributed by atoms with E-state index in [1.807, 2.05) is 0 Å². The number of aliphatic carboxylic acids is 1. The number of rotatable bonds is 7. The minimum absolute atomic E-state index is 0.0137. The van der Waals surface area contributed by atoms with Gasteiger partial charge in [-0.05, 0) is 13.3 Å². The largest absolute Gasteiger partial charge is 0.481 e. The van der Waals surface area contributed by atoms with Gasteiger partial charge in [0, 0.05) is 33.1 Å². The van der Waals surface area contributed by atoms with E-state index < -0.39 is 5.97 Å². The van der Waals surface area contributed by atoms with E-state index in [1.54, 1.807) is 27.9 Å². The SMILES string of the molecule is CNC(=O)C(C)CN(C)C(=O)NC(C)CCC(=O)O. The summed E-state index contributed by atoms with van der Waals surface area (Å²) in [5, 5.41) is 13.8. The number of carboxylic acids is 1. The molecule has 0 bridgehead atoms. The van der Waals surface area contributed by atoms with Crippen molar-refractivity contribution in [1.82, 2.24) is 15.5 Å². The zero-order valence-electron chi connectivity index (χ0n) is 11.9. The average molecular weight is 273 g/mol. The predicted octanol–water partition coefficient (Wildman–Crippen LogP) is 0.263. The first-order chi connectivity index (χ1) is 8.77. The summed E-state index contributed by atoms with van der Waals surface area (Å²) >= 11 is 0. The molecular weight excluding hydrogens is 250 g/mol.